The van der Waals surface area contributed by atoms with E-state index in [1.165, 1.54) is 44.9 Å². The average Bonchev–Trinajstić information content (AvgIpc) is 2.32. The largest absolute Gasteiger partial charge is 0.393 e. The minimum Gasteiger partial charge on any atom is -0.393 e. The van der Waals surface area contributed by atoms with E-state index in [-0.39, 0.29) is 6.10 Å². The molecule has 1 heterocycles. The van der Waals surface area contributed by atoms with Gasteiger partial charge in [-0.1, -0.05) is 39.0 Å². The van der Waals surface area contributed by atoms with Crippen molar-refractivity contribution in [3.63, 3.8) is 0 Å². The molecule has 0 aromatic heterocycles. The van der Waals surface area contributed by atoms with Crippen LogP contribution in [0.25, 0.3) is 0 Å². The molecule has 0 aliphatic carbocycles. The molecule has 1 aliphatic rings. The summed E-state index contributed by atoms with van der Waals surface area (Å²) < 4.78 is 0. The minimum atomic E-state index is -0.0640. The Balaban J connectivity index is 2.00. The Morgan fingerprint density at radius 1 is 1.18 bits per heavy atom. The van der Waals surface area contributed by atoms with E-state index < -0.39 is 0 Å². The van der Waals surface area contributed by atoms with E-state index in [0.717, 1.165) is 19.3 Å². The van der Waals surface area contributed by atoms with Crippen LogP contribution in [-0.4, -0.2) is 23.3 Å². The summed E-state index contributed by atoms with van der Waals surface area (Å²) >= 11 is 0. The van der Waals surface area contributed by atoms with Gasteiger partial charge in [-0.15, -0.1) is 0 Å². The second-order valence-electron chi connectivity index (χ2n) is 5.78. The van der Waals surface area contributed by atoms with Crippen LogP contribution in [0.4, 0.5) is 0 Å². The summed E-state index contributed by atoms with van der Waals surface area (Å²) in [6.45, 7) is 4.50. The number of nitrogens with one attached hydrogen (secondary N) is 1. The van der Waals surface area contributed by atoms with Gasteiger partial charge >= 0.3 is 0 Å². The molecule has 0 aromatic rings. The van der Waals surface area contributed by atoms with Crippen molar-refractivity contribution in [3.05, 3.63) is 0 Å². The summed E-state index contributed by atoms with van der Waals surface area (Å²) in [5.41, 5.74) is 0. The van der Waals surface area contributed by atoms with Crippen LogP contribution in [0.1, 0.15) is 78.1 Å². The van der Waals surface area contributed by atoms with Crippen LogP contribution in [0, 0.1) is 0 Å². The molecule has 1 fully saturated rings. The maximum atomic E-state index is 9.92. The van der Waals surface area contributed by atoms with Gasteiger partial charge in [0.15, 0.2) is 0 Å². The smallest absolute Gasteiger partial charge is 0.0540 e. The molecule has 0 saturated carbocycles. The summed E-state index contributed by atoms with van der Waals surface area (Å²) in [4.78, 5) is 0. The van der Waals surface area contributed by atoms with Gasteiger partial charge in [-0.25, -0.2) is 0 Å². The van der Waals surface area contributed by atoms with Gasteiger partial charge in [0.05, 0.1) is 6.10 Å². The molecule has 3 atom stereocenters. The highest BCUT2D eigenvalue weighted by atomic mass is 16.3. The predicted octanol–water partition coefficient (Wildman–Crippen LogP) is 3.63. The van der Waals surface area contributed by atoms with Crippen molar-refractivity contribution in [2.24, 2.45) is 0 Å². The van der Waals surface area contributed by atoms with Crippen molar-refractivity contribution in [1.29, 1.82) is 0 Å². The Labute approximate surface area is 107 Å². The van der Waals surface area contributed by atoms with Crippen LogP contribution in [0.2, 0.25) is 0 Å². The van der Waals surface area contributed by atoms with Crippen LogP contribution >= 0.6 is 0 Å². The number of aliphatic hydroxyl groups is 1. The maximum Gasteiger partial charge on any atom is 0.0540 e. The molecule has 17 heavy (non-hydrogen) atoms. The van der Waals surface area contributed by atoms with Crippen LogP contribution in [0.5, 0.6) is 0 Å². The molecule has 0 spiro atoms. The zero-order valence-corrected chi connectivity index (χ0v) is 11.8. The molecule has 0 radical (unpaired) electrons. The van der Waals surface area contributed by atoms with E-state index in [1.807, 2.05) is 0 Å². The fourth-order valence-corrected chi connectivity index (χ4v) is 2.81. The van der Waals surface area contributed by atoms with Crippen molar-refractivity contribution < 1.29 is 5.11 Å². The first-order valence-corrected chi connectivity index (χ1v) is 7.66. The van der Waals surface area contributed by atoms with Crippen LogP contribution < -0.4 is 5.32 Å². The minimum absolute atomic E-state index is 0.0640. The Morgan fingerprint density at radius 3 is 2.71 bits per heavy atom. The average molecular weight is 241 g/mol. The molecule has 1 aliphatic heterocycles. The van der Waals surface area contributed by atoms with Gasteiger partial charge in [0.2, 0.25) is 0 Å². The standard InChI is InChI=1S/C15H31NO/c1-3-4-5-6-10-15(17)12-11-14-9-7-8-13(2)16-14/h13-17H,3-12H2,1-2H3/t13-,14-,15+/m0/s1. The lowest BCUT2D eigenvalue weighted by Gasteiger charge is -2.29. The molecule has 102 valence electrons. The molecular weight excluding hydrogens is 210 g/mol. The number of hydrogen-bond donors (Lipinski definition) is 2. The molecule has 2 N–H and O–H groups in total. The normalized spacial score (nSPS) is 27.0. The lowest BCUT2D eigenvalue weighted by atomic mass is 9.94. The van der Waals surface area contributed by atoms with Gasteiger partial charge in [0.1, 0.15) is 0 Å². The van der Waals surface area contributed by atoms with Crippen molar-refractivity contribution in [1.82, 2.24) is 5.32 Å². The number of hydrogen-bond acceptors (Lipinski definition) is 2. The maximum absolute atomic E-state index is 9.92. The SMILES string of the molecule is CCCCCC[C@@H](O)CC[C@@H]1CCC[C@H](C)N1. The fraction of sp³-hybridized carbons (Fsp3) is 1.00. The fourth-order valence-electron chi connectivity index (χ4n) is 2.81. The van der Waals surface area contributed by atoms with E-state index >= 15 is 0 Å². The lowest BCUT2D eigenvalue weighted by molar-refractivity contribution is 0.140. The Kier molecular flexibility index (Phi) is 7.87. The number of piperidine rings is 1. The zero-order valence-electron chi connectivity index (χ0n) is 11.8. The topological polar surface area (TPSA) is 32.3 Å². The molecule has 2 nitrogen and oxygen atoms in total. The van der Waals surface area contributed by atoms with Gasteiger partial charge in [-0.3, -0.25) is 0 Å². The lowest BCUT2D eigenvalue weighted by Crippen LogP contribution is -2.40. The van der Waals surface area contributed by atoms with Gasteiger partial charge in [-0.2, -0.15) is 0 Å². The van der Waals surface area contributed by atoms with Crippen molar-refractivity contribution in [2.45, 2.75) is 96.2 Å². The monoisotopic (exact) mass is 241 g/mol. The molecule has 0 amide bonds. The van der Waals surface area contributed by atoms with Gasteiger partial charge in [0, 0.05) is 12.1 Å². The highest BCUT2D eigenvalue weighted by molar-refractivity contribution is 4.78. The van der Waals surface area contributed by atoms with Crippen LogP contribution in [0.3, 0.4) is 0 Å². The third-order valence-corrected chi connectivity index (χ3v) is 3.95. The quantitative estimate of drug-likeness (QED) is 0.636. The van der Waals surface area contributed by atoms with Crippen LogP contribution in [0.15, 0.2) is 0 Å². The number of aliphatic hydroxyl groups excluding tert-OH is 1. The van der Waals surface area contributed by atoms with E-state index in [0.29, 0.717) is 12.1 Å². The number of unbranched alkanes of at least 4 members (excludes halogenated alkanes) is 3. The van der Waals surface area contributed by atoms with Crippen molar-refractivity contribution in [3.8, 4) is 0 Å². The zero-order chi connectivity index (χ0) is 12.5. The highest BCUT2D eigenvalue weighted by Gasteiger charge is 2.18. The van der Waals surface area contributed by atoms with Crippen molar-refractivity contribution >= 4 is 0 Å². The Hall–Kier alpha value is -0.0800. The molecule has 1 rings (SSSR count). The predicted molar refractivity (Wildman–Crippen MR) is 74.2 cm³/mol. The second kappa shape index (κ2) is 8.93. The van der Waals surface area contributed by atoms with Gasteiger partial charge in [-0.05, 0) is 39.0 Å². The Morgan fingerprint density at radius 2 is 2.00 bits per heavy atom. The first-order chi connectivity index (χ1) is 8.22. The summed E-state index contributed by atoms with van der Waals surface area (Å²) in [5, 5.41) is 13.6. The second-order valence-corrected chi connectivity index (χ2v) is 5.78. The third kappa shape index (κ3) is 7.05. The van der Waals surface area contributed by atoms with Gasteiger partial charge in [0.25, 0.3) is 0 Å². The highest BCUT2D eigenvalue weighted by Crippen LogP contribution is 2.18. The Bertz CT molecular complexity index is 184. The van der Waals surface area contributed by atoms with E-state index in [2.05, 4.69) is 19.2 Å². The summed E-state index contributed by atoms with van der Waals surface area (Å²) in [6.07, 6.45) is 12.1. The van der Waals surface area contributed by atoms with Gasteiger partial charge < -0.3 is 10.4 Å². The molecule has 0 bridgehead atoms. The van der Waals surface area contributed by atoms with Crippen LogP contribution in [-0.2, 0) is 0 Å². The van der Waals surface area contributed by atoms with Crippen molar-refractivity contribution in [2.75, 3.05) is 0 Å². The molecule has 0 aromatic carbocycles. The first kappa shape index (κ1) is 15.0. The molecule has 1 saturated heterocycles. The first-order valence-electron chi connectivity index (χ1n) is 7.66. The van der Waals surface area contributed by atoms with E-state index in [4.69, 9.17) is 0 Å². The summed E-state index contributed by atoms with van der Waals surface area (Å²) in [6, 6.07) is 1.33. The third-order valence-electron chi connectivity index (χ3n) is 3.95. The van der Waals surface area contributed by atoms with E-state index in [1.54, 1.807) is 0 Å². The molecule has 2 heteroatoms. The number of rotatable bonds is 8. The summed E-state index contributed by atoms with van der Waals surface area (Å²) in [7, 11) is 0. The molecular formula is C15H31NO. The summed E-state index contributed by atoms with van der Waals surface area (Å²) in [5.74, 6) is 0. The van der Waals surface area contributed by atoms with E-state index in [9.17, 15) is 5.11 Å². The molecule has 0 unspecified atom stereocenters.